The van der Waals surface area contributed by atoms with Crippen molar-refractivity contribution in [2.75, 3.05) is 29.5 Å². The summed E-state index contributed by atoms with van der Waals surface area (Å²) in [5.41, 5.74) is 1.57. The smallest absolute Gasteiger partial charge is 0.337 e. The summed E-state index contributed by atoms with van der Waals surface area (Å²) >= 11 is 0. The van der Waals surface area contributed by atoms with Gasteiger partial charge in [-0.15, -0.1) is 0 Å². The summed E-state index contributed by atoms with van der Waals surface area (Å²) in [5.74, 6) is -0.320. The van der Waals surface area contributed by atoms with Gasteiger partial charge in [0.05, 0.1) is 24.6 Å². The molecule has 0 atom stereocenters. The molecule has 8 nitrogen and oxygen atoms in total. The van der Waals surface area contributed by atoms with Gasteiger partial charge in [0.1, 0.15) is 12.3 Å². The van der Waals surface area contributed by atoms with Crippen molar-refractivity contribution in [3.05, 3.63) is 83.9 Å². The van der Waals surface area contributed by atoms with Crippen molar-refractivity contribution in [2.24, 2.45) is 0 Å². The van der Waals surface area contributed by atoms with Crippen molar-refractivity contribution in [3.8, 4) is 11.5 Å². The summed E-state index contributed by atoms with van der Waals surface area (Å²) in [4.78, 5) is 24.6. The minimum Gasteiger partial charge on any atom is -0.465 e. The van der Waals surface area contributed by atoms with Crippen molar-refractivity contribution in [2.45, 2.75) is 6.92 Å². The van der Waals surface area contributed by atoms with Gasteiger partial charge in [0, 0.05) is 5.69 Å². The zero-order valence-electron chi connectivity index (χ0n) is 18.4. The summed E-state index contributed by atoms with van der Waals surface area (Å²) in [7, 11) is -2.57. The molecule has 0 spiro atoms. The monoisotopic (exact) mass is 468 g/mol. The van der Waals surface area contributed by atoms with Crippen LogP contribution < -0.4 is 14.4 Å². The third-order valence-corrected chi connectivity index (χ3v) is 5.85. The number of sulfonamides is 1. The summed E-state index contributed by atoms with van der Waals surface area (Å²) in [6, 6.07) is 20.2. The van der Waals surface area contributed by atoms with Crippen molar-refractivity contribution in [3.63, 3.8) is 0 Å². The molecule has 0 aromatic heterocycles. The average molecular weight is 469 g/mol. The van der Waals surface area contributed by atoms with Gasteiger partial charge in [-0.25, -0.2) is 13.2 Å². The fourth-order valence-corrected chi connectivity index (χ4v) is 3.93. The van der Waals surface area contributed by atoms with Crippen LogP contribution >= 0.6 is 0 Å². The number of hydrogen-bond donors (Lipinski definition) is 1. The predicted octanol–water partition coefficient (Wildman–Crippen LogP) is 3.98. The van der Waals surface area contributed by atoms with E-state index in [4.69, 9.17) is 9.47 Å². The summed E-state index contributed by atoms with van der Waals surface area (Å²) < 4.78 is 36.8. The highest BCUT2D eigenvalue weighted by atomic mass is 32.2. The van der Waals surface area contributed by atoms with Crippen LogP contribution in [0.3, 0.4) is 0 Å². The Morgan fingerprint density at radius 1 is 0.970 bits per heavy atom. The number of esters is 1. The van der Waals surface area contributed by atoms with Gasteiger partial charge in [-0.2, -0.15) is 0 Å². The molecule has 1 N–H and O–H groups in total. The molecular weight excluding hydrogens is 444 g/mol. The molecule has 9 heteroatoms. The number of anilines is 2. The van der Waals surface area contributed by atoms with Gasteiger partial charge in [-0.05, 0) is 48.9 Å². The van der Waals surface area contributed by atoms with Crippen LogP contribution in [0.5, 0.6) is 11.5 Å². The summed E-state index contributed by atoms with van der Waals surface area (Å²) in [5, 5.41) is 2.68. The highest BCUT2D eigenvalue weighted by molar-refractivity contribution is 7.92. The van der Waals surface area contributed by atoms with Gasteiger partial charge < -0.3 is 14.8 Å². The van der Waals surface area contributed by atoms with Gasteiger partial charge in [0.2, 0.25) is 15.9 Å². The minimum absolute atomic E-state index is 0.221. The molecule has 0 heterocycles. The molecule has 3 rings (SSSR count). The molecule has 0 bridgehead atoms. The molecular formula is C24H24N2O6S. The van der Waals surface area contributed by atoms with E-state index in [0.717, 1.165) is 10.6 Å². The second-order valence-corrected chi connectivity index (χ2v) is 9.13. The number of hydrogen-bond acceptors (Lipinski definition) is 6. The maximum Gasteiger partial charge on any atom is 0.337 e. The van der Waals surface area contributed by atoms with Gasteiger partial charge in [-0.3, -0.25) is 9.10 Å². The topological polar surface area (TPSA) is 102 Å². The van der Waals surface area contributed by atoms with Gasteiger partial charge in [0.15, 0.2) is 5.75 Å². The molecule has 3 aromatic carbocycles. The Hall–Kier alpha value is -3.85. The van der Waals surface area contributed by atoms with Crippen molar-refractivity contribution < 1.29 is 27.5 Å². The number of amides is 1. The number of nitrogens with zero attached hydrogens (tertiary/aromatic N) is 1. The Morgan fingerprint density at radius 3 is 2.30 bits per heavy atom. The molecule has 0 radical (unpaired) electrons. The molecule has 0 fully saturated rings. The molecule has 3 aromatic rings. The second kappa shape index (κ2) is 10.2. The van der Waals surface area contributed by atoms with Crippen LogP contribution in [0.15, 0.2) is 72.8 Å². The lowest BCUT2D eigenvalue weighted by atomic mass is 10.1. The highest BCUT2D eigenvalue weighted by Crippen LogP contribution is 2.33. The van der Waals surface area contributed by atoms with E-state index in [1.54, 1.807) is 67.6 Å². The van der Waals surface area contributed by atoms with E-state index < -0.39 is 28.4 Å². The van der Waals surface area contributed by atoms with E-state index in [0.29, 0.717) is 17.0 Å². The lowest BCUT2D eigenvalue weighted by molar-refractivity contribution is -0.114. The van der Waals surface area contributed by atoms with Crippen LogP contribution in [0.1, 0.15) is 15.9 Å². The van der Waals surface area contributed by atoms with Crippen LogP contribution in [0.2, 0.25) is 0 Å². The largest absolute Gasteiger partial charge is 0.465 e. The number of carbonyl (C=O) groups excluding carboxylic acids is 2. The minimum atomic E-state index is -3.84. The Bertz CT molecular complexity index is 1260. The number of methoxy groups -OCH3 is 1. The molecule has 0 saturated heterocycles. The molecule has 0 unspecified atom stereocenters. The molecule has 33 heavy (non-hydrogen) atoms. The average Bonchev–Trinajstić information content (AvgIpc) is 2.79. The first-order valence-corrected chi connectivity index (χ1v) is 11.8. The van der Waals surface area contributed by atoms with E-state index in [1.165, 1.54) is 13.2 Å². The Kier molecular flexibility index (Phi) is 7.34. The van der Waals surface area contributed by atoms with Crippen molar-refractivity contribution in [1.82, 2.24) is 0 Å². The molecule has 0 aliphatic heterocycles. The van der Waals surface area contributed by atoms with Crippen LogP contribution in [-0.2, 0) is 19.6 Å². The molecule has 0 aliphatic carbocycles. The fraction of sp³-hybridized carbons (Fsp3) is 0.167. The van der Waals surface area contributed by atoms with Crippen LogP contribution in [0, 0.1) is 6.92 Å². The maximum absolute atomic E-state index is 12.8. The van der Waals surface area contributed by atoms with Crippen LogP contribution in [0.4, 0.5) is 11.4 Å². The zero-order valence-corrected chi connectivity index (χ0v) is 19.3. The van der Waals surface area contributed by atoms with E-state index >= 15 is 0 Å². The SMILES string of the molecule is COC(=O)c1ccc(C)c(NC(=O)CN(c2ccccc2Oc2ccccc2)S(C)(=O)=O)c1. The van der Waals surface area contributed by atoms with Crippen LogP contribution in [0.25, 0.3) is 0 Å². The number of benzene rings is 3. The first-order valence-electron chi connectivity index (χ1n) is 9.97. The van der Waals surface area contributed by atoms with E-state index in [1.807, 2.05) is 6.07 Å². The molecule has 1 amide bonds. The first kappa shape index (κ1) is 23.8. The first-order chi connectivity index (χ1) is 15.7. The quantitative estimate of drug-likeness (QED) is 0.502. The van der Waals surface area contributed by atoms with Crippen LogP contribution in [-0.4, -0.2) is 40.2 Å². The Morgan fingerprint density at radius 2 is 1.64 bits per heavy atom. The highest BCUT2D eigenvalue weighted by Gasteiger charge is 2.24. The predicted molar refractivity (Wildman–Crippen MR) is 126 cm³/mol. The van der Waals surface area contributed by atoms with Crippen molar-refractivity contribution in [1.29, 1.82) is 0 Å². The molecule has 172 valence electrons. The fourth-order valence-electron chi connectivity index (χ4n) is 3.07. The lowest BCUT2D eigenvalue weighted by Gasteiger charge is -2.24. The normalized spacial score (nSPS) is 10.9. The van der Waals surface area contributed by atoms with Gasteiger partial charge in [-0.1, -0.05) is 36.4 Å². The number of rotatable bonds is 8. The summed E-state index contributed by atoms with van der Waals surface area (Å²) in [6.45, 7) is 1.27. The second-order valence-electron chi connectivity index (χ2n) is 7.22. The Labute approximate surface area is 192 Å². The van der Waals surface area contributed by atoms with E-state index in [2.05, 4.69) is 5.32 Å². The number of ether oxygens (including phenoxy) is 2. The van der Waals surface area contributed by atoms with E-state index in [-0.39, 0.29) is 17.0 Å². The maximum atomic E-state index is 12.8. The lowest BCUT2D eigenvalue weighted by Crippen LogP contribution is -2.37. The van der Waals surface area contributed by atoms with Gasteiger partial charge >= 0.3 is 5.97 Å². The molecule has 0 saturated carbocycles. The van der Waals surface area contributed by atoms with Gasteiger partial charge in [0.25, 0.3) is 0 Å². The molecule has 0 aliphatic rings. The third kappa shape index (κ3) is 6.11. The number of para-hydroxylation sites is 3. The zero-order chi connectivity index (χ0) is 24.0. The van der Waals surface area contributed by atoms with Crippen molar-refractivity contribution >= 4 is 33.3 Å². The number of aryl methyl sites for hydroxylation is 1. The Balaban J connectivity index is 1.88. The third-order valence-electron chi connectivity index (χ3n) is 4.73. The van der Waals surface area contributed by atoms with E-state index in [9.17, 15) is 18.0 Å². The standard InChI is InChI=1S/C24H24N2O6S/c1-17-13-14-18(24(28)31-2)15-20(17)25-23(27)16-26(33(3,29)30)21-11-7-8-12-22(21)32-19-9-5-4-6-10-19/h4-15H,16H2,1-3H3,(H,25,27). The number of nitrogens with one attached hydrogen (secondary N) is 1. The summed E-state index contributed by atoms with van der Waals surface area (Å²) in [6.07, 6.45) is 1.02. The number of carbonyl (C=O) groups is 2.